The van der Waals surface area contributed by atoms with Crippen molar-refractivity contribution in [3.63, 3.8) is 0 Å². The Kier molecular flexibility index (Phi) is 7.04. The van der Waals surface area contributed by atoms with Gasteiger partial charge in [0.05, 0.1) is 6.54 Å². The van der Waals surface area contributed by atoms with E-state index in [1.807, 2.05) is 27.7 Å². The molecule has 0 atom stereocenters. The molecule has 1 rings (SSSR count). The van der Waals surface area contributed by atoms with Gasteiger partial charge in [-0.25, -0.2) is 0 Å². The summed E-state index contributed by atoms with van der Waals surface area (Å²) in [6.45, 7) is 8.05. The second-order valence-electron chi connectivity index (χ2n) is 6.31. The lowest BCUT2D eigenvalue weighted by molar-refractivity contribution is -0.274. The molecule has 0 fully saturated rings. The Balaban J connectivity index is 2.65. The van der Waals surface area contributed by atoms with Crippen LogP contribution in [0.15, 0.2) is 24.3 Å². The number of hydrogen-bond donors (Lipinski definition) is 2. The molecule has 0 radical (unpaired) electrons. The third kappa shape index (κ3) is 8.57. The Hall–Kier alpha value is -2.03. The first-order chi connectivity index (χ1) is 11.4. The van der Waals surface area contributed by atoms with Crippen LogP contribution in [0, 0.1) is 0 Å². The number of thiocarbonyl (C=S) groups is 1. The molecule has 0 spiro atoms. The standard InChI is InChI=1S/C16H22F3N3O2S/c1-5-22(10-13(23)21-15(2,3)4)14(25)20-11-6-8-12(9-7-11)24-16(17,18)19/h6-9H,5,10H2,1-4H3,(H,20,25)(H,21,23). The fraction of sp³-hybridized carbons (Fsp3) is 0.500. The van der Waals surface area contributed by atoms with Crippen molar-refractivity contribution in [3.8, 4) is 5.75 Å². The summed E-state index contributed by atoms with van der Waals surface area (Å²) >= 11 is 5.26. The number of carbonyl (C=O) groups is 1. The molecule has 0 unspecified atom stereocenters. The fourth-order valence-electron chi connectivity index (χ4n) is 1.90. The molecule has 0 aliphatic heterocycles. The van der Waals surface area contributed by atoms with Crippen molar-refractivity contribution < 1.29 is 22.7 Å². The van der Waals surface area contributed by atoms with Gasteiger partial charge in [-0.3, -0.25) is 4.79 Å². The number of rotatable bonds is 5. The second-order valence-corrected chi connectivity index (χ2v) is 6.70. The Morgan fingerprint density at radius 2 is 1.76 bits per heavy atom. The largest absolute Gasteiger partial charge is 0.573 e. The summed E-state index contributed by atoms with van der Waals surface area (Å²) < 4.78 is 40.2. The summed E-state index contributed by atoms with van der Waals surface area (Å²) in [5, 5.41) is 6.03. The predicted molar refractivity (Wildman–Crippen MR) is 94.5 cm³/mol. The summed E-state index contributed by atoms with van der Waals surface area (Å²) in [7, 11) is 0. The molecular weight excluding hydrogens is 355 g/mol. The molecule has 2 N–H and O–H groups in total. The topological polar surface area (TPSA) is 53.6 Å². The average Bonchev–Trinajstić information content (AvgIpc) is 2.43. The average molecular weight is 377 g/mol. The molecule has 9 heteroatoms. The van der Waals surface area contributed by atoms with E-state index >= 15 is 0 Å². The van der Waals surface area contributed by atoms with Crippen molar-refractivity contribution in [2.45, 2.75) is 39.6 Å². The molecule has 25 heavy (non-hydrogen) atoms. The molecule has 1 aromatic carbocycles. The van der Waals surface area contributed by atoms with E-state index < -0.39 is 6.36 Å². The van der Waals surface area contributed by atoms with E-state index in [1.54, 1.807) is 4.90 Å². The van der Waals surface area contributed by atoms with Crippen LogP contribution >= 0.6 is 12.2 Å². The molecule has 0 aliphatic carbocycles. The van der Waals surface area contributed by atoms with E-state index in [0.29, 0.717) is 17.3 Å². The highest BCUT2D eigenvalue weighted by Gasteiger charge is 2.31. The minimum Gasteiger partial charge on any atom is -0.406 e. The van der Waals surface area contributed by atoms with Gasteiger partial charge in [0.15, 0.2) is 5.11 Å². The third-order valence-corrected chi connectivity index (χ3v) is 3.22. The van der Waals surface area contributed by atoms with Crippen molar-refractivity contribution in [1.82, 2.24) is 10.2 Å². The predicted octanol–water partition coefficient (Wildman–Crippen LogP) is 3.52. The van der Waals surface area contributed by atoms with Crippen LogP contribution in [-0.4, -0.2) is 40.9 Å². The van der Waals surface area contributed by atoms with Crippen LogP contribution in [0.5, 0.6) is 5.75 Å². The van der Waals surface area contributed by atoms with Crippen LogP contribution in [0.4, 0.5) is 18.9 Å². The number of halogens is 3. The highest BCUT2D eigenvalue weighted by atomic mass is 32.1. The Morgan fingerprint density at radius 1 is 1.20 bits per heavy atom. The number of nitrogens with zero attached hydrogens (tertiary/aromatic N) is 1. The molecule has 5 nitrogen and oxygen atoms in total. The highest BCUT2D eigenvalue weighted by molar-refractivity contribution is 7.80. The van der Waals surface area contributed by atoms with Crippen LogP contribution in [0.2, 0.25) is 0 Å². The van der Waals surface area contributed by atoms with Crippen LogP contribution in [0.25, 0.3) is 0 Å². The van der Waals surface area contributed by atoms with Gasteiger partial charge in [0.1, 0.15) is 5.75 Å². The number of nitrogens with one attached hydrogen (secondary N) is 2. The molecule has 0 heterocycles. The number of amides is 1. The summed E-state index contributed by atoms with van der Waals surface area (Å²) in [6, 6.07) is 5.19. The maximum Gasteiger partial charge on any atom is 0.573 e. The van der Waals surface area contributed by atoms with Crippen molar-refractivity contribution in [2.75, 3.05) is 18.4 Å². The van der Waals surface area contributed by atoms with Gasteiger partial charge >= 0.3 is 6.36 Å². The van der Waals surface area contributed by atoms with E-state index in [1.165, 1.54) is 24.3 Å². The first kappa shape index (κ1) is 21.0. The smallest absolute Gasteiger partial charge is 0.406 e. The summed E-state index contributed by atoms with van der Waals surface area (Å²) in [5.41, 5.74) is 0.147. The van der Waals surface area contributed by atoms with Crippen LogP contribution in [0.1, 0.15) is 27.7 Å². The Morgan fingerprint density at radius 3 is 2.20 bits per heavy atom. The minimum absolute atomic E-state index is 0.0782. The highest BCUT2D eigenvalue weighted by Crippen LogP contribution is 2.24. The van der Waals surface area contributed by atoms with Gasteiger partial charge in [-0.1, -0.05) is 0 Å². The van der Waals surface area contributed by atoms with Gasteiger partial charge in [0.2, 0.25) is 5.91 Å². The molecule has 0 saturated carbocycles. The maximum atomic E-state index is 12.1. The molecule has 0 saturated heterocycles. The van der Waals surface area contributed by atoms with E-state index in [2.05, 4.69) is 15.4 Å². The summed E-state index contributed by atoms with van der Waals surface area (Å²) in [5.74, 6) is -0.492. The molecule has 0 aliphatic rings. The normalized spacial score (nSPS) is 11.6. The summed E-state index contributed by atoms with van der Waals surface area (Å²) in [6.07, 6.45) is -4.73. The van der Waals surface area contributed by atoms with Crippen molar-refractivity contribution >= 4 is 28.9 Å². The first-order valence-corrected chi connectivity index (χ1v) is 8.03. The monoisotopic (exact) mass is 377 g/mol. The van der Waals surface area contributed by atoms with Crippen LogP contribution < -0.4 is 15.4 Å². The molecule has 1 aromatic rings. The van der Waals surface area contributed by atoms with Gasteiger partial charge in [0, 0.05) is 17.8 Å². The number of carbonyl (C=O) groups excluding carboxylic acids is 1. The Labute approximate surface area is 150 Å². The zero-order valence-electron chi connectivity index (χ0n) is 14.5. The van der Waals surface area contributed by atoms with Gasteiger partial charge in [-0.05, 0) is 64.2 Å². The van der Waals surface area contributed by atoms with Crippen molar-refractivity contribution in [3.05, 3.63) is 24.3 Å². The molecule has 140 valence electrons. The van der Waals surface area contributed by atoms with Crippen LogP contribution in [-0.2, 0) is 4.79 Å². The molecule has 1 amide bonds. The van der Waals surface area contributed by atoms with Crippen molar-refractivity contribution in [1.29, 1.82) is 0 Å². The lowest BCUT2D eigenvalue weighted by Gasteiger charge is -2.27. The lowest BCUT2D eigenvalue weighted by Crippen LogP contribution is -2.48. The molecular formula is C16H22F3N3O2S. The SMILES string of the molecule is CCN(CC(=O)NC(C)(C)C)C(=S)Nc1ccc(OC(F)(F)F)cc1. The first-order valence-electron chi connectivity index (χ1n) is 7.62. The second kappa shape index (κ2) is 8.37. The van der Waals surface area contributed by atoms with E-state index in [-0.39, 0.29) is 23.7 Å². The fourth-order valence-corrected chi connectivity index (χ4v) is 2.21. The molecule has 0 aromatic heterocycles. The van der Waals surface area contributed by atoms with Crippen LogP contribution in [0.3, 0.4) is 0 Å². The van der Waals surface area contributed by atoms with Gasteiger partial charge in [-0.15, -0.1) is 13.2 Å². The minimum atomic E-state index is -4.73. The quantitative estimate of drug-likeness (QED) is 0.769. The van der Waals surface area contributed by atoms with Crippen molar-refractivity contribution in [2.24, 2.45) is 0 Å². The zero-order valence-corrected chi connectivity index (χ0v) is 15.3. The Bertz CT molecular complexity index is 598. The number of alkyl halides is 3. The van der Waals surface area contributed by atoms with Gasteiger partial charge in [-0.2, -0.15) is 0 Å². The number of benzene rings is 1. The lowest BCUT2D eigenvalue weighted by atomic mass is 10.1. The summed E-state index contributed by atoms with van der Waals surface area (Å²) in [4.78, 5) is 13.6. The number of ether oxygens (including phenoxy) is 1. The number of likely N-dealkylation sites (N-methyl/N-ethyl adjacent to an activating group) is 1. The van der Waals surface area contributed by atoms with E-state index in [0.717, 1.165) is 0 Å². The van der Waals surface area contributed by atoms with Gasteiger partial charge in [0.25, 0.3) is 0 Å². The van der Waals surface area contributed by atoms with Gasteiger partial charge < -0.3 is 20.3 Å². The molecule has 0 bridgehead atoms. The number of anilines is 1. The maximum absolute atomic E-state index is 12.1. The third-order valence-electron chi connectivity index (χ3n) is 2.86. The van der Waals surface area contributed by atoms with E-state index in [4.69, 9.17) is 12.2 Å². The number of hydrogen-bond acceptors (Lipinski definition) is 3. The zero-order chi connectivity index (χ0) is 19.3. The van der Waals surface area contributed by atoms with E-state index in [9.17, 15) is 18.0 Å².